The second kappa shape index (κ2) is 15.2. The van der Waals surface area contributed by atoms with Crippen molar-refractivity contribution in [1.29, 1.82) is 0 Å². The first-order valence-corrected chi connectivity index (χ1v) is 11.9. The summed E-state index contributed by atoms with van der Waals surface area (Å²) in [6.07, 6.45) is 5.90. The Morgan fingerprint density at radius 3 is 1.49 bits per heavy atom. The molecule has 4 rings (SSSR count). The molecule has 0 aliphatic rings. The van der Waals surface area contributed by atoms with Crippen molar-refractivity contribution < 1.29 is 29.3 Å². The van der Waals surface area contributed by atoms with Gasteiger partial charge in [0.15, 0.2) is 0 Å². The molecule has 37 heavy (non-hydrogen) atoms. The number of nitrogens with two attached hydrogens (primary N) is 2. The normalized spacial score (nSPS) is 10.3. The van der Waals surface area contributed by atoms with E-state index in [1.165, 1.54) is 21.9 Å². The number of fused-ring (bicyclic) bond motifs is 2. The van der Waals surface area contributed by atoms with E-state index in [1.807, 2.05) is 48.8 Å². The second-order valence-corrected chi connectivity index (χ2v) is 8.17. The molecule has 8 N–H and O–H groups in total. The first kappa shape index (κ1) is 29.2. The number of carboxylic acid groups (broad SMARTS) is 2. The van der Waals surface area contributed by atoms with Crippen LogP contribution in [-0.4, -0.2) is 59.4 Å². The van der Waals surface area contributed by atoms with Crippen molar-refractivity contribution in [2.24, 2.45) is 11.5 Å². The molecule has 0 amide bonds. The predicted octanol–water partition coefficient (Wildman–Crippen LogP) is 3.68. The van der Waals surface area contributed by atoms with Crippen LogP contribution in [0.2, 0.25) is 0 Å². The maximum Gasteiger partial charge on any atom is 0.303 e. The lowest BCUT2D eigenvalue weighted by Gasteiger charge is -2.00. The Morgan fingerprint density at radius 2 is 1.16 bits per heavy atom. The molecular weight excluding hydrogens is 476 g/mol. The monoisotopic (exact) mass is 512 g/mol. The van der Waals surface area contributed by atoms with Crippen molar-refractivity contribution in [2.45, 2.75) is 32.1 Å². The molecule has 0 saturated carbocycles. The molecule has 0 aliphatic carbocycles. The summed E-state index contributed by atoms with van der Waals surface area (Å²) < 4.78 is 10.4. The van der Waals surface area contributed by atoms with Crippen LogP contribution < -0.4 is 20.9 Å². The summed E-state index contributed by atoms with van der Waals surface area (Å²) in [6.45, 7) is 1.34. The number of hydrogen-bond acceptors (Lipinski definition) is 6. The van der Waals surface area contributed by atoms with Gasteiger partial charge in [-0.05, 0) is 79.9 Å². The van der Waals surface area contributed by atoms with Crippen LogP contribution in [0.25, 0.3) is 21.8 Å². The molecule has 0 atom stereocenters. The Morgan fingerprint density at radius 1 is 0.757 bits per heavy atom. The Labute approximate surface area is 215 Å². The van der Waals surface area contributed by atoms with E-state index < -0.39 is 11.9 Å². The van der Waals surface area contributed by atoms with Crippen LogP contribution in [-0.2, 0) is 22.4 Å². The smallest absolute Gasteiger partial charge is 0.303 e. The number of aliphatic carboxylic acids is 2. The number of carbonyl (C=O) groups is 2. The van der Waals surface area contributed by atoms with Gasteiger partial charge in [0, 0.05) is 47.0 Å². The number of ether oxygens (including phenoxy) is 2. The van der Waals surface area contributed by atoms with E-state index >= 15 is 0 Å². The third kappa shape index (κ3) is 9.17. The van der Waals surface area contributed by atoms with Gasteiger partial charge in [-0.2, -0.15) is 0 Å². The zero-order chi connectivity index (χ0) is 27.2. The molecule has 4 aromatic rings. The van der Waals surface area contributed by atoms with E-state index in [0.29, 0.717) is 13.1 Å². The summed E-state index contributed by atoms with van der Waals surface area (Å²) >= 11 is 0. The fourth-order valence-electron chi connectivity index (χ4n) is 3.68. The van der Waals surface area contributed by atoms with Gasteiger partial charge in [0.1, 0.15) is 11.5 Å². The molecule has 200 valence electrons. The summed E-state index contributed by atoms with van der Waals surface area (Å²) in [5.74, 6) is -0.127. The quantitative estimate of drug-likeness (QED) is 0.186. The molecule has 2 heterocycles. The Hall–Kier alpha value is -4.02. The lowest BCUT2D eigenvalue weighted by atomic mass is 10.1. The third-order valence-corrected chi connectivity index (χ3v) is 5.56. The van der Waals surface area contributed by atoms with Crippen molar-refractivity contribution in [3.63, 3.8) is 0 Å². The number of carboxylic acids is 2. The van der Waals surface area contributed by atoms with E-state index in [-0.39, 0.29) is 19.3 Å². The molecular formula is C27H36N4O6. The minimum atomic E-state index is -0.948. The zero-order valence-electron chi connectivity index (χ0n) is 21.3. The van der Waals surface area contributed by atoms with E-state index in [1.54, 1.807) is 14.2 Å². The molecule has 0 aliphatic heterocycles. The van der Waals surface area contributed by atoms with Crippen molar-refractivity contribution in [3.8, 4) is 11.5 Å². The summed E-state index contributed by atoms with van der Waals surface area (Å²) in [5, 5.41) is 18.5. The number of H-pyrrole nitrogens is 2. The summed E-state index contributed by atoms with van der Waals surface area (Å²) in [6, 6.07) is 12.0. The first-order chi connectivity index (χ1) is 17.8. The topological polar surface area (TPSA) is 177 Å². The van der Waals surface area contributed by atoms with E-state index in [9.17, 15) is 9.59 Å². The minimum absolute atomic E-state index is 0.0632. The van der Waals surface area contributed by atoms with Gasteiger partial charge in [-0.15, -0.1) is 0 Å². The lowest BCUT2D eigenvalue weighted by Crippen LogP contribution is -2.01. The molecule has 0 radical (unpaired) electrons. The van der Waals surface area contributed by atoms with Gasteiger partial charge in [0.05, 0.1) is 14.2 Å². The molecule has 0 spiro atoms. The highest BCUT2D eigenvalue weighted by molar-refractivity contribution is 5.85. The summed E-state index contributed by atoms with van der Waals surface area (Å²) in [7, 11) is 3.35. The van der Waals surface area contributed by atoms with Gasteiger partial charge in [-0.3, -0.25) is 9.59 Å². The molecule has 2 aromatic heterocycles. The fourth-order valence-corrected chi connectivity index (χ4v) is 3.68. The van der Waals surface area contributed by atoms with Crippen molar-refractivity contribution in [1.82, 2.24) is 9.97 Å². The highest BCUT2D eigenvalue weighted by atomic mass is 16.5. The van der Waals surface area contributed by atoms with Crippen LogP contribution in [0.3, 0.4) is 0 Å². The van der Waals surface area contributed by atoms with E-state index in [0.717, 1.165) is 35.4 Å². The molecule has 0 saturated heterocycles. The average Bonchev–Trinajstić information content (AvgIpc) is 3.48. The van der Waals surface area contributed by atoms with E-state index in [2.05, 4.69) is 9.97 Å². The number of nitrogens with one attached hydrogen (secondary N) is 2. The molecule has 0 bridgehead atoms. The standard InChI is InChI=1S/2C11H14N2O.C5H8O4/c2*1-14-9-2-3-11-10(6-9)8(4-5-12)7-13-11;6-4(7)2-1-3-5(8)9/h2*2-3,6-7,13H,4-5,12H2,1H3;1-3H2,(H,6,7)(H,8,9). The van der Waals surface area contributed by atoms with Crippen molar-refractivity contribution >= 4 is 33.7 Å². The van der Waals surface area contributed by atoms with Crippen LogP contribution in [0.5, 0.6) is 11.5 Å². The van der Waals surface area contributed by atoms with Crippen LogP contribution in [0.15, 0.2) is 48.8 Å². The Bertz CT molecular complexity index is 1180. The van der Waals surface area contributed by atoms with Gasteiger partial charge in [-0.25, -0.2) is 0 Å². The molecule has 0 unspecified atom stereocenters. The Balaban J connectivity index is 0.000000201. The number of aromatic amines is 2. The maximum atomic E-state index is 9.79. The van der Waals surface area contributed by atoms with Crippen LogP contribution in [0.1, 0.15) is 30.4 Å². The number of benzene rings is 2. The fraction of sp³-hybridized carbons (Fsp3) is 0.333. The minimum Gasteiger partial charge on any atom is -0.497 e. The number of hydrogen-bond donors (Lipinski definition) is 6. The van der Waals surface area contributed by atoms with Crippen LogP contribution >= 0.6 is 0 Å². The first-order valence-electron chi connectivity index (χ1n) is 11.9. The largest absolute Gasteiger partial charge is 0.497 e. The van der Waals surface area contributed by atoms with Gasteiger partial charge in [0.2, 0.25) is 0 Å². The van der Waals surface area contributed by atoms with Gasteiger partial charge < -0.3 is 41.1 Å². The summed E-state index contributed by atoms with van der Waals surface area (Å²) in [5.41, 5.74) is 15.8. The lowest BCUT2D eigenvalue weighted by molar-refractivity contribution is -0.138. The molecule has 0 fully saturated rings. The van der Waals surface area contributed by atoms with Crippen molar-refractivity contribution in [2.75, 3.05) is 27.3 Å². The second-order valence-electron chi connectivity index (χ2n) is 8.17. The highest BCUT2D eigenvalue weighted by Gasteiger charge is 2.05. The van der Waals surface area contributed by atoms with Crippen molar-refractivity contribution in [3.05, 3.63) is 59.9 Å². The summed E-state index contributed by atoms with van der Waals surface area (Å²) in [4.78, 5) is 26.0. The number of rotatable bonds is 10. The predicted molar refractivity (Wildman–Crippen MR) is 144 cm³/mol. The van der Waals surface area contributed by atoms with Crippen LogP contribution in [0, 0.1) is 0 Å². The SMILES string of the molecule is COc1ccc2[nH]cc(CCN)c2c1.COc1ccc2[nH]cc(CCN)c2c1.O=C(O)CCCC(=O)O. The van der Waals surface area contributed by atoms with Gasteiger partial charge in [0.25, 0.3) is 0 Å². The van der Waals surface area contributed by atoms with E-state index in [4.69, 9.17) is 31.2 Å². The van der Waals surface area contributed by atoms with Crippen LogP contribution in [0.4, 0.5) is 0 Å². The average molecular weight is 513 g/mol. The number of aromatic nitrogens is 2. The molecule has 2 aromatic carbocycles. The Kier molecular flexibility index (Phi) is 12.0. The zero-order valence-corrected chi connectivity index (χ0v) is 21.3. The third-order valence-electron chi connectivity index (χ3n) is 5.56. The number of methoxy groups -OCH3 is 2. The maximum absolute atomic E-state index is 9.79. The van der Waals surface area contributed by atoms with Gasteiger partial charge >= 0.3 is 11.9 Å². The molecule has 10 nitrogen and oxygen atoms in total. The van der Waals surface area contributed by atoms with Gasteiger partial charge in [-0.1, -0.05) is 0 Å². The highest BCUT2D eigenvalue weighted by Crippen LogP contribution is 2.24. The molecule has 10 heteroatoms.